The molecule has 0 atom stereocenters. The van der Waals surface area contributed by atoms with E-state index in [4.69, 9.17) is 0 Å². The molecule has 0 aliphatic carbocycles. The number of nitro benzene ring substituents is 1. The van der Waals surface area contributed by atoms with Gasteiger partial charge in [-0.2, -0.15) is 0 Å². The van der Waals surface area contributed by atoms with Gasteiger partial charge < -0.3 is 5.11 Å². The van der Waals surface area contributed by atoms with Crippen LogP contribution in [0.5, 0.6) is 0 Å². The van der Waals surface area contributed by atoms with E-state index in [-0.39, 0.29) is 21.8 Å². The van der Waals surface area contributed by atoms with Gasteiger partial charge >= 0.3 is 5.97 Å². The van der Waals surface area contributed by atoms with Crippen molar-refractivity contribution in [3.05, 3.63) is 80.8 Å². The third-order valence-electron chi connectivity index (χ3n) is 3.40. The van der Waals surface area contributed by atoms with Gasteiger partial charge in [-0.25, -0.2) is 9.78 Å². The lowest BCUT2D eigenvalue weighted by Gasteiger charge is -1.99. The highest BCUT2D eigenvalue weighted by molar-refractivity contribution is 7.17. The van der Waals surface area contributed by atoms with E-state index in [9.17, 15) is 24.8 Å². The fourth-order valence-corrected chi connectivity index (χ4v) is 3.10. The first-order valence-electron chi connectivity index (χ1n) is 7.06. The normalized spacial score (nSPS) is 10.4. The lowest BCUT2D eigenvalue weighted by molar-refractivity contribution is -0.384. The van der Waals surface area contributed by atoms with E-state index in [1.54, 1.807) is 24.3 Å². The van der Waals surface area contributed by atoms with Crippen molar-refractivity contribution in [2.24, 2.45) is 0 Å². The van der Waals surface area contributed by atoms with Gasteiger partial charge in [0.05, 0.1) is 4.92 Å². The van der Waals surface area contributed by atoms with Crippen molar-refractivity contribution in [2.45, 2.75) is 0 Å². The zero-order valence-electron chi connectivity index (χ0n) is 12.6. The summed E-state index contributed by atoms with van der Waals surface area (Å²) in [5.41, 5.74) is 0.513. The third kappa shape index (κ3) is 3.29. The highest BCUT2D eigenvalue weighted by Crippen LogP contribution is 2.29. The maximum absolute atomic E-state index is 12.6. The second-order valence-electron chi connectivity index (χ2n) is 5.00. The molecule has 3 aromatic rings. The number of hydrogen-bond acceptors (Lipinski definition) is 6. The number of carbonyl (C=O) groups excluding carboxylic acids is 1. The van der Waals surface area contributed by atoms with Crippen LogP contribution in [0, 0.1) is 10.1 Å². The number of aromatic nitrogens is 1. The highest BCUT2D eigenvalue weighted by Gasteiger charge is 2.25. The molecule has 1 heterocycles. The van der Waals surface area contributed by atoms with Gasteiger partial charge in [-0.15, -0.1) is 11.3 Å². The quantitative estimate of drug-likeness (QED) is 0.425. The number of benzene rings is 2. The van der Waals surface area contributed by atoms with Gasteiger partial charge in [0.1, 0.15) is 15.6 Å². The summed E-state index contributed by atoms with van der Waals surface area (Å²) in [7, 11) is 0. The van der Waals surface area contributed by atoms with E-state index in [0.717, 1.165) is 11.3 Å². The fourth-order valence-electron chi connectivity index (χ4n) is 2.19. The number of hydrogen-bond donors (Lipinski definition) is 1. The van der Waals surface area contributed by atoms with Crippen molar-refractivity contribution in [2.75, 3.05) is 0 Å². The Balaban J connectivity index is 2.03. The van der Waals surface area contributed by atoms with E-state index in [1.165, 1.54) is 24.3 Å². The minimum atomic E-state index is -1.25. The molecular formula is C17H10N2O5S. The summed E-state index contributed by atoms with van der Waals surface area (Å²) >= 11 is 0.912. The molecule has 0 fully saturated rings. The average Bonchev–Trinajstić information content (AvgIpc) is 3.07. The molecular weight excluding hydrogens is 344 g/mol. The first-order chi connectivity index (χ1) is 12.0. The van der Waals surface area contributed by atoms with Crippen molar-refractivity contribution in [1.82, 2.24) is 4.98 Å². The molecule has 0 aliphatic heterocycles. The van der Waals surface area contributed by atoms with Gasteiger partial charge in [0.15, 0.2) is 0 Å². The smallest absolute Gasteiger partial charge is 0.348 e. The largest absolute Gasteiger partial charge is 0.477 e. The molecule has 8 heteroatoms. The van der Waals surface area contributed by atoms with Crippen LogP contribution in [-0.4, -0.2) is 26.8 Å². The number of carboxylic acid groups (broad SMARTS) is 1. The molecule has 7 nitrogen and oxygen atoms in total. The first-order valence-corrected chi connectivity index (χ1v) is 7.87. The number of carboxylic acids is 1. The van der Waals surface area contributed by atoms with Crippen LogP contribution < -0.4 is 0 Å². The van der Waals surface area contributed by atoms with Crippen molar-refractivity contribution in [3.63, 3.8) is 0 Å². The van der Waals surface area contributed by atoms with Crippen LogP contribution in [-0.2, 0) is 0 Å². The second kappa shape index (κ2) is 6.62. The lowest BCUT2D eigenvalue weighted by atomic mass is 10.1. The van der Waals surface area contributed by atoms with E-state index in [1.807, 2.05) is 6.07 Å². The minimum Gasteiger partial charge on any atom is -0.477 e. The predicted molar refractivity (Wildman–Crippen MR) is 91.0 cm³/mol. The molecule has 3 rings (SSSR count). The predicted octanol–water partition coefficient (Wildman–Crippen LogP) is 3.65. The zero-order chi connectivity index (χ0) is 18.0. The maximum Gasteiger partial charge on any atom is 0.348 e. The van der Waals surface area contributed by atoms with Crippen LogP contribution in [0.15, 0.2) is 54.6 Å². The Morgan fingerprint density at radius 1 is 1.04 bits per heavy atom. The monoisotopic (exact) mass is 354 g/mol. The van der Waals surface area contributed by atoms with Crippen molar-refractivity contribution >= 4 is 28.8 Å². The summed E-state index contributed by atoms with van der Waals surface area (Å²) < 4.78 is 0. The molecule has 0 bridgehead atoms. The summed E-state index contributed by atoms with van der Waals surface area (Å²) in [5.74, 6) is -1.84. The van der Waals surface area contributed by atoms with Gasteiger partial charge in [0.2, 0.25) is 5.78 Å². The van der Waals surface area contributed by atoms with Crippen LogP contribution >= 0.6 is 11.3 Å². The molecule has 25 heavy (non-hydrogen) atoms. The molecule has 124 valence electrons. The summed E-state index contributed by atoms with van der Waals surface area (Å²) in [4.78, 5) is 38.2. The van der Waals surface area contributed by atoms with Crippen molar-refractivity contribution in [3.8, 4) is 10.6 Å². The van der Waals surface area contributed by atoms with Gasteiger partial charge in [-0.05, 0) is 12.1 Å². The fraction of sp³-hybridized carbons (Fsp3) is 0. The van der Waals surface area contributed by atoms with Crippen LogP contribution in [0.2, 0.25) is 0 Å². The Bertz CT molecular complexity index is 964. The molecule has 1 N–H and O–H groups in total. The number of carbonyl (C=O) groups is 2. The molecule has 0 spiro atoms. The molecule has 0 aliphatic rings. The molecule has 2 aromatic carbocycles. The number of thiazole rings is 1. The van der Waals surface area contributed by atoms with E-state index in [0.29, 0.717) is 10.6 Å². The zero-order valence-corrected chi connectivity index (χ0v) is 13.4. The number of nitro groups is 1. The number of rotatable bonds is 5. The van der Waals surface area contributed by atoms with Gasteiger partial charge in [0, 0.05) is 23.3 Å². The first kappa shape index (κ1) is 16.5. The number of ketones is 1. The summed E-state index contributed by atoms with van der Waals surface area (Å²) in [5, 5.41) is 20.5. The highest BCUT2D eigenvalue weighted by atomic mass is 32.1. The Morgan fingerprint density at radius 2 is 1.68 bits per heavy atom. The summed E-state index contributed by atoms with van der Waals surface area (Å²) in [6.45, 7) is 0. The second-order valence-corrected chi connectivity index (χ2v) is 6.00. The Morgan fingerprint density at radius 3 is 2.24 bits per heavy atom. The third-order valence-corrected chi connectivity index (χ3v) is 4.49. The summed E-state index contributed by atoms with van der Waals surface area (Å²) in [6.07, 6.45) is 0. The minimum absolute atomic E-state index is 0.137. The van der Waals surface area contributed by atoms with Crippen molar-refractivity contribution in [1.29, 1.82) is 0 Å². The van der Waals surface area contributed by atoms with Crippen LogP contribution in [0.25, 0.3) is 10.6 Å². The molecule has 0 amide bonds. The number of aromatic carboxylic acids is 1. The molecule has 1 aromatic heterocycles. The Hall–Kier alpha value is -3.39. The summed E-state index contributed by atoms with van der Waals surface area (Å²) in [6, 6.07) is 13.9. The van der Waals surface area contributed by atoms with Gasteiger partial charge in [-0.3, -0.25) is 14.9 Å². The van der Waals surface area contributed by atoms with Crippen LogP contribution in [0.1, 0.15) is 25.7 Å². The van der Waals surface area contributed by atoms with Crippen LogP contribution in [0.4, 0.5) is 5.69 Å². The topological polar surface area (TPSA) is 110 Å². The Kier molecular flexibility index (Phi) is 4.36. The average molecular weight is 354 g/mol. The van der Waals surface area contributed by atoms with E-state index in [2.05, 4.69) is 4.98 Å². The SMILES string of the molecule is O=C(c1ccc([N+](=O)[O-])cc1)c1nc(-c2ccccc2)sc1C(=O)O. The number of nitrogens with zero attached hydrogens (tertiary/aromatic N) is 2. The molecule has 0 radical (unpaired) electrons. The van der Waals surface area contributed by atoms with E-state index < -0.39 is 16.7 Å². The maximum atomic E-state index is 12.6. The molecule has 0 saturated heterocycles. The molecule has 0 saturated carbocycles. The number of non-ortho nitro benzene ring substituents is 1. The van der Waals surface area contributed by atoms with Gasteiger partial charge in [-0.1, -0.05) is 30.3 Å². The molecule has 0 unspecified atom stereocenters. The van der Waals surface area contributed by atoms with E-state index >= 15 is 0 Å². The standard InChI is InChI=1S/C17H10N2O5S/c20-14(10-6-8-12(9-7-10)19(23)24)13-15(17(21)22)25-16(18-13)11-4-2-1-3-5-11/h1-9H,(H,21,22). The van der Waals surface area contributed by atoms with Crippen molar-refractivity contribution < 1.29 is 19.6 Å². The van der Waals surface area contributed by atoms with Gasteiger partial charge in [0.25, 0.3) is 5.69 Å². The lowest BCUT2D eigenvalue weighted by Crippen LogP contribution is -2.08. The Labute approximate surface area is 145 Å². The van der Waals surface area contributed by atoms with Crippen LogP contribution in [0.3, 0.4) is 0 Å².